The number of H-pyrrole nitrogens is 1. The molecule has 0 amide bonds. The highest BCUT2D eigenvalue weighted by atomic mass is 16.4. The third kappa shape index (κ3) is 2.08. The van der Waals surface area contributed by atoms with E-state index in [1.165, 1.54) is 12.1 Å². The Balaban J connectivity index is 2.37. The molecule has 0 atom stereocenters. The molecule has 0 fully saturated rings. The summed E-state index contributed by atoms with van der Waals surface area (Å²) >= 11 is 0. The van der Waals surface area contributed by atoms with Gasteiger partial charge in [0.25, 0.3) is 0 Å². The fraction of sp³-hybridized carbons (Fsp3) is 0.0833. The zero-order chi connectivity index (χ0) is 12.4. The first kappa shape index (κ1) is 11.1. The van der Waals surface area contributed by atoms with E-state index in [0.717, 1.165) is 11.4 Å². The van der Waals surface area contributed by atoms with Gasteiger partial charge in [-0.15, -0.1) is 0 Å². The molecule has 17 heavy (non-hydrogen) atoms. The highest BCUT2D eigenvalue weighted by Crippen LogP contribution is 2.29. The zero-order valence-electron chi connectivity index (χ0n) is 9.34. The number of rotatable bonds is 3. The van der Waals surface area contributed by atoms with Gasteiger partial charge in [-0.3, -0.25) is 0 Å². The number of nitrogens with one attached hydrogen (secondary N) is 1. The standard InChI is InChI=1S/C12H13N3O2/c1-15(9-4-5-14-7-9)11-3-2-8(12(16)17)6-10(11)13/h2-7,14H,13H2,1H3,(H,16,17). The Labute approximate surface area is 98.5 Å². The van der Waals surface area contributed by atoms with Crippen LogP contribution in [-0.4, -0.2) is 23.1 Å². The van der Waals surface area contributed by atoms with Gasteiger partial charge in [-0.2, -0.15) is 0 Å². The molecule has 5 heteroatoms. The number of anilines is 3. The molecule has 0 unspecified atom stereocenters. The van der Waals surface area contributed by atoms with Crippen LogP contribution in [0.4, 0.5) is 17.1 Å². The van der Waals surface area contributed by atoms with Gasteiger partial charge in [-0.25, -0.2) is 4.79 Å². The molecule has 0 spiro atoms. The summed E-state index contributed by atoms with van der Waals surface area (Å²) in [6, 6.07) is 6.61. The van der Waals surface area contributed by atoms with Crippen molar-refractivity contribution in [1.82, 2.24) is 4.98 Å². The summed E-state index contributed by atoms with van der Waals surface area (Å²) < 4.78 is 0. The number of aromatic amines is 1. The number of benzene rings is 1. The molecule has 1 aromatic heterocycles. The summed E-state index contributed by atoms with van der Waals surface area (Å²) in [5.41, 5.74) is 8.21. The number of aromatic carboxylic acids is 1. The Morgan fingerprint density at radius 3 is 2.71 bits per heavy atom. The zero-order valence-corrected chi connectivity index (χ0v) is 9.34. The quantitative estimate of drug-likeness (QED) is 0.706. The molecule has 4 N–H and O–H groups in total. The first-order chi connectivity index (χ1) is 8.09. The number of nitrogens with zero attached hydrogens (tertiary/aromatic N) is 1. The number of carboxylic acids is 1. The van der Waals surface area contributed by atoms with Crippen LogP contribution in [-0.2, 0) is 0 Å². The van der Waals surface area contributed by atoms with E-state index in [1.807, 2.05) is 30.4 Å². The number of aromatic nitrogens is 1. The normalized spacial score (nSPS) is 10.2. The molecular formula is C12H13N3O2. The van der Waals surface area contributed by atoms with Crippen LogP contribution in [0.2, 0.25) is 0 Å². The van der Waals surface area contributed by atoms with Crippen LogP contribution < -0.4 is 10.6 Å². The lowest BCUT2D eigenvalue weighted by atomic mass is 10.1. The Bertz CT molecular complexity index is 535. The topological polar surface area (TPSA) is 82.3 Å². The van der Waals surface area contributed by atoms with Gasteiger partial charge in [0.05, 0.1) is 22.6 Å². The second-order valence-corrected chi connectivity index (χ2v) is 3.71. The van der Waals surface area contributed by atoms with Crippen molar-refractivity contribution in [2.75, 3.05) is 17.7 Å². The molecule has 0 aliphatic carbocycles. The maximum absolute atomic E-state index is 10.8. The summed E-state index contributed by atoms with van der Waals surface area (Å²) in [6.07, 6.45) is 3.65. The van der Waals surface area contributed by atoms with Crippen molar-refractivity contribution in [2.45, 2.75) is 0 Å². The van der Waals surface area contributed by atoms with Gasteiger partial charge in [-0.1, -0.05) is 0 Å². The average molecular weight is 231 g/mol. The van der Waals surface area contributed by atoms with E-state index < -0.39 is 5.97 Å². The first-order valence-corrected chi connectivity index (χ1v) is 5.09. The van der Waals surface area contributed by atoms with E-state index in [0.29, 0.717) is 5.69 Å². The van der Waals surface area contributed by atoms with Crippen LogP contribution in [0.25, 0.3) is 0 Å². The highest BCUT2D eigenvalue weighted by Gasteiger charge is 2.10. The number of carbonyl (C=O) groups is 1. The Morgan fingerprint density at radius 1 is 1.41 bits per heavy atom. The Kier molecular flexibility index (Phi) is 2.74. The molecule has 0 saturated heterocycles. The monoisotopic (exact) mass is 231 g/mol. The predicted molar refractivity (Wildman–Crippen MR) is 66.7 cm³/mol. The van der Waals surface area contributed by atoms with Gasteiger partial charge < -0.3 is 20.7 Å². The van der Waals surface area contributed by atoms with Crippen LogP contribution in [0.15, 0.2) is 36.7 Å². The van der Waals surface area contributed by atoms with E-state index in [9.17, 15) is 4.79 Å². The van der Waals surface area contributed by atoms with Crippen molar-refractivity contribution in [3.8, 4) is 0 Å². The average Bonchev–Trinajstić information content (AvgIpc) is 2.81. The van der Waals surface area contributed by atoms with E-state index in [-0.39, 0.29) is 5.56 Å². The molecule has 0 aliphatic heterocycles. The fourth-order valence-electron chi connectivity index (χ4n) is 1.66. The fourth-order valence-corrected chi connectivity index (χ4v) is 1.66. The summed E-state index contributed by atoms with van der Waals surface area (Å²) in [5, 5.41) is 8.85. The smallest absolute Gasteiger partial charge is 0.335 e. The lowest BCUT2D eigenvalue weighted by Crippen LogP contribution is -2.11. The number of hydrogen-bond donors (Lipinski definition) is 3. The maximum Gasteiger partial charge on any atom is 0.335 e. The van der Waals surface area contributed by atoms with Crippen molar-refractivity contribution in [3.63, 3.8) is 0 Å². The number of hydrogen-bond acceptors (Lipinski definition) is 3. The van der Waals surface area contributed by atoms with E-state index in [2.05, 4.69) is 4.98 Å². The summed E-state index contributed by atoms with van der Waals surface area (Å²) in [5.74, 6) is -0.979. The van der Waals surface area contributed by atoms with Crippen LogP contribution in [0, 0.1) is 0 Å². The summed E-state index contributed by atoms with van der Waals surface area (Å²) in [4.78, 5) is 15.6. The second kappa shape index (κ2) is 4.21. The lowest BCUT2D eigenvalue weighted by Gasteiger charge is -2.19. The largest absolute Gasteiger partial charge is 0.478 e. The number of carboxylic acid groups (broad SMARTS) is 1. The third-order valence-electron chi connectivity index (χ3n) is 2.60. The molecule has 0 aliphatic rings. The van der Waals surface area contributed by atoms with Gasteiger partial charge in [0.1, 0.15) is 0 Å². The summed E-state index contributed by atoms with van der Waals surface area (Å²) in [6.45, 7) is 0. The molecule has 0 saturated carbocycles. The van der Waals surface area contributed by atoms with Gasteiger partial charge in [0.2, 0.25) is 0 Å². The van der Waals surface area contributed by atoms with Gasteiger partial charge in [-0.05, 0) is 24.3 Å². The molecule has 0 radical (unpaired) electrons. The van der Waals surface area contributed by atoms with Crippen LogP contribution >= 0.6 is 0 Å². The molecule has 88 valence electrons. The minimum absolute atomic E-state index is 0.189. The number of nitrogens with two attached hydrogens (primary N) is 1. The molecule has 2 aromatic rings. The van der Waals surface area contributed by atoms with E-state index in [4.69, 9.17) is 10.8 Å². The van der Waals surface area contributed by atoms with Crippen LogP contribution in [0.3, 0.4) is 0 Å². The molecule has 0 bridgehead atoms. The van der Waals surface area contributed by atoms with Crippen LogP contribution in [0.1, 0.15) is 10.4 Å². The molecule has 5 nitrogen and oxygen atoms in total. The molecular weight excluding hydrogens is 218 g/mol. The van der Waals surface area contributed by atoms with Gasteiger partial charge in [0.15, 0.2) is 0 Å². The van der Waals surface area contributed by atoms with E-state index >= 15 is 0 Å². The predicted octanol–water partition coefficient (Wildman–Crippen LogP) is 2.06. The Hall–Kier alpha value is -2.43. The summed E-state index contributed by atoms with van der Waals surface area (Å²) in [7, 11) is 1.87. The van der Waals surface area contributed by atoms with Crippen LogP contribution in [0.5, 0.6) is 0 Å². The molecule has 2 rings (SSSR count). The van der Waals surface area contributed by atoms with Gasteiger partial charge >= 0.3 is 5.97 Å². The SMILES string of the molecule is CN(c1cc[nH]c1)c1ccc(C(=O)O)cc1N. The van der Waals surface area contributed by atoms with Crippen molar-refractivity contribution in [2.24, 2.45) is 0 Å². The molecule has 1 aromatic carbocycles. The lowest BCUT2D eigenvalue weighted by molar-refractivity contribution is 0.0697. The van der Waals surface area contributed by atoms with E-state index in [1.54, 1.807) is 6.07 Å². The third-order valence-corrected chi connectivity index (χ3v) is 2.60. The van der Waals surface area contributed by atoms with Crippen molar-refractivity contribution in [3.05, 3.63) is 42.2 Å². The van der Waals surface area contributed by atoms with Crippen molar-refractivity contribution in [1.29, 1.82) is 0 Å². The minimum Gasteiger partial charge on any atom is -0.478 e. The highest BCUT2D eigenvalue weighted by molar-refractivity contribution is 5.91. The minimum atomic E-state index is -0.979. The van der Waals surface area contributed by atoms with Crippen molar-refractivity contribution < 1.29 is 9.90 Å². The second-order valence-electron chi connectivity index (χ2n) is 3.71. The molecule has 1 heterocycles. The number of nitrogen functional groups attached to an aromatic ring is 1. The Morgan fingerprint density at radius 2 is 2.18 bits per heavy atom. The van der Waals surface area contributed by atoms with Gasteiger partial charge in [0, 0.05) is 19.4 Å². The van der Waals surface area contributed by atoms with Crippen molar-refractivity contribution >= 4 is 23.0 Å². The maximum atomic E-state index is 10.8. The first-order valence-electron chi connectivity index (χ1n) is 5.09.